The molecule has 1 aliphatic heterocycles. The molecule has 1 aromatic carbocycles. The first-order valence-electron chi connectivity index (χ1n) is 7.61. The van der Waals surface area contributed by atoms with Crippen LogP contribution in [0.25, 0.3) is 0 Å². The summed E-state index contributed by atoms with van der Waals surface area (Å²) < 4.78 is 0. The van der Waals surface area contributed by atoms with Crippen LogP contribution in [-0.4, -0.2) is 24.0 Å². The van der Waals surface area contributed by atoms with E-state index in [4.69, 9.17) is 5.73 Å². The van der Waals surface area contributed by atoms with Gasteiger partial charge >= 0.3 is 0 Å². The van der Waals surface area contributed by atoms with Crippen molar-refractivity contribution < 1.29 is 0 Å². The third-order valence-electron chi connectivity index (χ3n) is 5.49. The van der Waals surface area contributed by atoms with Gasteiger partial charge < -0.3 is 10.6 Å². The number of nitrogens with zero attached hydrogens (tertiary/aromatic N) is 1. The number of likely N-dealkylation sites (tertiary alicyclic amines) is 1. The molecule has 2 aliphatic rings. The van der Waals surface area contributed by atoms with Crippen molar-refractivity contribution in [2.24, 2.45) is 11.1 Å². The second-order valence-electron chi connectivity index (χ2n) is 6.79. The molecule has 0 saturated carbocycles. The summed E-state index contributed by atoms with van der Waals surface area (Å²) in [5.41, 5.74) is 11.3. The van der Waals surface area contributed by atoms with E-state index in [0.29, 0.717) is 11.5 Å². The highest BCUT2D eigenvalue weighted by molar-refractivity contribution is 5.43. The molecule has 104 valence electrons. The Morgan fingerprint density at radius 3 is 2.53 bits per heavy atom. The van der Waals surface area contributed by atoms with Crippen LogP contribution in [0, 0.1) is 12.3 Å². The zero-order valence-electron chi connectivity index (χ0n) is 12.4. The summed E-state index contributed by atoms with van der Waals surface area (Å²) in [4.78, 5) is 2.59. The Bertz CT molecular complexity index is 470. The third kappa shape index (κ3) is 2.02. The van der Waals surface area contributed by atoms with E-state index in [1.54, 1.807) is 0 Å². The maximum Gasteiger partial charge on any atom is 0.0359 e. The van der Waals surface area contributed by atoms with Crippen molar-refractivity contribution >= 4 is 0 Å². The van der Waals surface area contributed by atoms with Crippen LogP contribution in [0.15, 0.2) is 18.2 Å². The molecular weight excluding hydrogens is 232 g/mol. The molecule has 2 nitrogen and oxygen atoms in total. The largest absolute Gasteiger partial charge is 0.323 e. The lowest BCUT2D eigenvalue weighted by molar-refractivity contribution is 0.0710. The molecular formula is C17H26N2. The molecule has 0 radical (unpaired) electrons. The van der Waals surface area contributed by atoms with Gasteiger partial charge in [0.1, 0.15) is 0 Å². The van der Waals surface area contributed by atoms with Gasteiger partial charge in [0.05, 0.1) is 0 Å². The molecule has 0 unspecified atom stereocenters. The van der Waals surface area contributed by atoms with Crippen LogP contribution in [-0.2, 0) is 6.42 Å². The SMILES string of the molecule is Cc1cccc2c1CC1(CCN(C(C)C)CC1)[C@H]2N. The zero-order valence-corrected chi connectivity index (χ0v) is 12.4. The molecule has 1 atom stereocenters. The van der Waals surface area contributed by atoms with Gasteiger partial charge in [0.2, 0.25) is 0 Å². The highest BCUT2D eigenvalue weighted by atomic mass is 15.2. The number of nitrogens with two attached hydrogens (primary N) is 1. The molecule has 0 aromatic heterocycles. The predicted octanol–water partition coefficient (Wildman–Crippen LogP) is 3.04. The number of fused-ring (bicyclic) bond motifs is 1. The van der Waals surface area contributed by atoms with Crippen molar-refractivity contribution in [3.8, 4) is 0 Å². The van der Waals surface area contributed by atoms with E-state index in [-0.39, 0.29) is 6.04 Å². The number of piperidine rings is 1. The molecule has 2 N–H and O–H groups in total. The number of aryl methyl sites for hydroxylation is 1. The van der Waals surface area contributed by atoms with Gasteiger partial charge in [0.25, 0.3) is 0 Å². The Kier molecular flexibility index (Phi) is 3.18. The van der Waals surface area contributed by atoms with Gasteiger partial charge in [0.15, 0.2) is 0 Å². The quantitative estimate of drug-likeness (QED) is 0.839. The predicted molar refractivity (Wildman–Crippen MR) is 80.2 cm³/mol. The molecule has 1 spiro atoms. The molecule has 2 heteroatoms. The average molecular weight is 258 g/mol. The summed E-state index contributed by atoms with van der Waals surface area (Å²) in [6.07, 6.45) is 3.70. The minimum absolute atomic E-state index is 0.247. The first-order valence-corrected chi connectivity index (χ1v) is 7.61. The Morgan fingerprint density at radius 2 is 1.95 bits per heavy atom. The van der Waals surface area contributed by atoms with Crippen molar-refractivity contribution in [1.29, 1.82) is 0 Å². The van der Waals surface area contributed by atoms with Crippen molar-refractivity contribution in [1.82, 2.24) is 4.90 Å². The van der Waals surface area contributed by atoms with Crippen molar-refractivity contribution in [2.75, 3.05) is 13.1 Å². The maximum atomic E-state index is 6.63. The van der Waals surface area contributed by atoms with E-state index in [9.17, 15) is 0 Å². The van der Waals surface area contributed by atoms with E-state index in [1.165, 1.54) is 49.0 Å². The van der Waals surface area contributed by atoms with Gasteiger partial charge in [0, 0.05) is 12.1 Å². The normalized spacial score (nSPS) is 26.1. The summed E-state index contributed by atoms with van der Waals surface area (Å²) in [5.74, 6) is 0. The molecule has 1 aromatic rings. The Balaban J connectivity index is 1.84. The summed E-state index contributed by atoms with van der Waals surface area (Å²) >= 11 is 0. The lowest BCUT2D eigenvalue weighted by Crippen LogP contribution is -2.46. The second-order valence-corrected chi connectivity index (χ2v) is 6.79. The second kappa shape index (κ2) is 4.60. The molecule has 1 heterocycles. The van der Waals surface area contributed by atoms with E-state index in [1.807, 2.05) is 0 Å². The van der Waals surface area contributed by atoms with Crippen LogP contribution in [0.4, 0.5) is 0 Å². The lowest BCUT2D eigenvalue weighted by atomic mass is 9.73. The van der Waals surface area contributed by atoms with E-state index in [0.717, 1.165) is 0 Å². The van der Waals surface area contributed by atoms with Crippen LogP contribution in [0.2, 0.25) is 0 Å². The van der Waals surface area contributed by atoms with Gasteiger partial charge in [-0.2, -0.15) is 0 Å². The summed E-state index contributed by atoms with van der Waals surface area (Å²) in [7, 11) is 0. The molecule has 1 saturated heterocycles. The summed E-state index contributed by atoms with van der Waals surface area (Å²) in [6, 6.07) is 7.55. The summed E-state index contributed by atoms with van der Waals surface area (Å²) in [6.45, 7) is 9.24. The van der Waals surface area contributed by atoms with Crippen molar-refractivity contribution in [3.63, 3.8) is 0 Å². The summed E-state index contributed by atoms with van der Waals surface area (Å²) in [5, 5.41) is 0. The zero-order chi connectivity index (χ0) is 13.6. The first-order chi connectivity index (χ1) is 9.03. The smallest absolute Gasteiger partial charge is 0.0359 e. The van der Waals surface area contributed by atoms with Crippen LogP contribution < -0.4 is 5.73 Å². The number of rotatable bonds is 1. The standard InChI is InChI=1S/C17H26N2/c1-12(2)19-9-7-17(8-10-19)11-15-13(3)5-4-6-14(15)16(17)18/h4-6,12,16H,7-11,18H2,1-3H3/t16-/m0/s1. The maximum absolute atomic E-state index is 6.63. The first kappa shape index (κ1) is 13.1. The van der Waals surface area contributed by atoms with Gasteiger partial charge in [-0.1, -0.05) is 18.2 Å². The van der Waals surface area contributed by atoms with Gasteiger partial charge in [-0.05, 0) is 75.2 Å². The average Bonchev–Trinajstić information content (AvgIpc) is 2.66. The number of hydrogen-bond donors (Lipinski definition) is 1. The van der Waals surface area contributed by atoms with Crippen LogP contribution in [0.3, 0.4) is 0 Å². The Hall–Kier alpha value is -0.860. The molecule has 1 fully saturated rings. The molecule has 1 aliphatic carbocycles. The number of hydrogen-bond acceptors (Lipinski definition) is 2. The minimum Gasteiger partial charge on any atom is -0.323 e. The highest BCUT2D eigenvalue weighted by Crippen LogP contribution is 2.51. The fraction of sp³-hybridized carbons (Fsp3) is 0.647. The van der Waals surface area contributed by atoms with Crippen LogP contribution in [0.5, 0.6) is 0 Å². The van der Waals surface area contributed by atoms with Gasteiger partial charge in [-0.15, -0.1) is 0 Å². The molecule has 3 rings (SSSR count). The number of benzene rings is 1. The Morgan fingerprint density at radius 1 is 1.26 bits per heavy atom. The highest BCUT2D eigenvalue weighted by Gasteiger charge is 2.46. The Labute approximate surface area is 117 Å². The van der Waals surface area contributed by atoms with Crippen LogP contribution >= 0.6 is 0 Å². The van der Waals surface area contributed by atoms with E-state index in [2.05, 4.69) is 43.9 Å². The van der Waals surface area contributed by atoms with Crippen molar-refractivity contribution in [3.05, 3.63) is 34.9 Å². The van der Waals surface area contributed by atoms with Gasteiger partial charge in [-0.25, -0.2) is 0 Å². The van der Waals surface area contributed by atoms with Gasteiger partial charge in [-0.3, -0.25) is 0 Å². The fourth-order valence-electron chi connectivity index (χ4n) is 4.02. The van der Waals surface area contributed by atoms with Crippen molar-refractivity contribution in [2.45, 2.75) is 52.1 Å². The minimum atomic E-state index is 0.247. The monoisotopic (exact) mass is 258 g/mol. The lowest BCUT2D eigenvalue weighted by Gasteiger charge is -2.43. The fourth-order valence-corrected chi connectivity index (χ4v) is 4.02. The molecule has 0 amide bonds. The van der Waals surface area contributed by atoms with E-state index >= 15 is 0 Å². The topological polar surface area (TPSA) is 29.3 Å². The molecule has 0 bridgehead atoms. The van der Waals surface area contributed by atoms with E-state index < -0.39 is 0 Å². The molecule has 19 heavy (non-hydrogen) atoms. The van der Waals surface area contributed by atoms with Crippen LogP contribution in [0.1, 0.15) is 49.4 Å². The third-order valence-corrected chi connectivity index (χ3v) is 5.49.